The van der Waals surface area contributed by atoms with E-state index in [-0.39, 0.29) is 12.5 Å². The highest BCUT2D eigenvalue weighted by Gasteiger charge is 2.23. The van der Waals surface area contributed by atoms with Crippen LogP contribution < -0.4 is 16.0 Å². The van der Waals surface area contributed by atoms with E-state index in [4.69, 9.17) is 23.2 Å². The van der Waals surface area contributed by atoms with Gasteiger partial charge in [0.15, 0.2) is 0 Å². The van der Waals surface area contributed by atoms with Crippen LogP contribution in [0.3, 0.4) is 0 Å². The number of carbonyl (C=O) groups is 1. The average Bonchev–Trinajstić information content (AvgIpc) is 3.15. The summed E-state index contributed by atoms with van der Waals surface area (Å²) < 4.78 is 0. The number of pyridine rings is 1. The second kappa shape index (κ2) is 6.30. The SMILES string of the molecule is CCNc1nc(NCC(=O)NC2CC2)c(Cl)cc1Cl. The molecular weight excluding hydrogens is 287 g/mol. The minimum absolute atomic E-state index is 0.0553. The van der Waals surface area contributed by atoms with Gasteiger partial charge in [0.1, 0.15) is 11.6 Å². The van der Waals surface area contributed by atoms with Gasteiger partial charge in [-0.1, -0.05) is 23.2 Å². The van der Waals surface area contributed by atoms with Crippen LogP contribution in [0.25, 0.3) is 0 Å². The molecule has 1 aromatic rings. The normalized spacial score (nSPS) is 14.1. The van der Waals surface area contributed by atoms with E-state index in [0.29, 0.717) is 34.3 Å². The third-order valence-corrected chi connectivity index (χ3v) is 3.21. The van der Waals surface area contributed by atoms with Crippen molar-refractivity contribution in [1.29, 1.82) is 0 Å². The highest BCUT2D eigenvalue weighted by atomic mass is 35.5. The zero-order valence-electron chi connectivity index (χ0n) is 10.6. The number of nitrogens with zero attached hydrogens (tertiary/aromatic N) is 1. The molecule has 0 radical (unpaired) electrons. The first kappa shape index (κ1) is 14.2. The minimum atomic E-state index is -0.0553. The van der Waals surface area contributed by atoms with E-state index in [0.717, 1.165) is 12.8 Å². The predicted molar refractivity (Wildman–Crippen MR) is 78.1 cm³/mol. The lowest BCUT2D eigenvalue weighted by Gasteiger charge is -2.11. The van der Waals surface area contributed by atoms with Crippen molar-refractivity contribution < 1.29 is 4.79 Å². The number of rotatable bonds is 6. The van der Waals surface area contributed by atoms with E-state index < -0.39 is 0 Å². The van der Waals surface area contributed by atoms with Gasteiger partial charge in [-0.2, -0.15) is 0 Å². The molecule has 3 N–H and O–H groups in total. The molecule has 1 heterocycles. The molecule has 104 valence electrons. The Balaban J connectivity index is 1.97. The molecule has 1 saturated carbocycles. The molecule has 1 aliphatic rings. The van der Waals surface area contributed by atoms with Gasteiger partial charge in [-0.15, -0.1) is 0 Å². The average molecular weight is 303 g/mol. The molecule has 19 heavy (non-hydrogen) atoms. The zero-order valence-corrected chi connectivity index (χ0v) is 12.1. The first-order valence-corrected chi connectivity index (χ1v) is 6.99. The summed E-state index contributed by atoms with van der Waals surface area (Å²) >= 11 is 12.0. The highest BCUT2D eigenvalue weighted by molar-refractivity contribution is 6.37. The number of amides is 1. The molecule has 7 heteroatoms. The van der Waals surface area contributed by atoms with E-state index in [1.807, 2.05) is 6.92 Å². The van der Waals surface area contributed by atoms with Gasteiger partial charge in [-0.3, -0.25) is 4.79 Å². The Bertz CT molecular complexity index is 477. The summed E-state index contributed by atoms with van der Waals surface area (Å²) in [5, 5.41) is 9.68. The van der Waals surface area contributed by atoms with Crippen molar-refractivity contribution in [3.8, 4) is 0 Å². The van der Waals surface area contributed by atoms with E-state index >= 15 is 0 Å². The number of anilines is 2. The van der Waals surface area contributed by atoms with Crippen molar-refractivity contribution in [3.05, 3.63) is 16.1 Å². The van der Waals surface area contributed by atoms with Gasteiger partial charge in [0, 0.05) is 12.6 Å². The highest BCUT2D eigenvalue weighted by Crippen LogP contribution is 2.29. The molecule has 1 fully saturated rings. The van der Waals surface area contributed by atoms with Crippen LogP contribution in [-0.2, 0) is 4.79 Å². The lowest BCUT2D eigenvalue weighted by molar-refractivity contribution is -0.119. The maximum atomic E-state index is 11.6. The van der Waals surface area contributed by atoms with Crippen molar-refractivity contribution in [3.63, 3.8) is 0 Å². The summed E-state index contributed by atoms with van der Waals surface area (Å²) in [5.41, 5.74) is 0. The third-order valence-electron chi connectivity index (χ3n) is 2.63. The quantitative estimate of drug-likeness (QED) is 0.755. The molecule has 0 aromatic carbocycles. The summed E-state index contributed by atoms with van der Waals surface area (Å²) in [6, 6.07) is 1.95. The summed E-state index contributed by atoms with van der Waals surface area (Å²) in [6.07, 6.45) is 2.13. The van der Waals surface area contributed by atoms with Crippen molar-refractivity contribution in [1.82, 2.24) is 10.3 Å². The Morgan fingerprint density at radius 1 is 1.32 bits per heavy atom. The molecular formula is C12H16Cl2N4O. The fourth-order valence-electron chi connectivity index (χ4n) is 1.55. The number of hydrogen-bond donors (Lipinski definition) is 3. The van der Waals surface area contributed by atoms with Crippen molar-refractivity contribution in [2.24, 2.45) is 0 Å². The Labute approximate surface area is 122 Å². The first-order valence-electron chi connectivity index (χ1n) is 6.23. The second-order valence-corrected chi connectivity index (χ2v) is 5.19. The molecule has 0 atom stereocenters. The lowest BCUT2D eigenvalue weighted by Crippen LogP contribution is -2.31. The summed E-state index contributed by atoms with van der Waals surface area (Å²) in [5.74, 6) is 0.951. The van der Waals surface area contributed by atoms with Crippen molar-refractivity contribution in [2.45, 2.75) is 25.8 Å². The Hall–Kier alpha value is -1.20. The molecule has 0 saturated heterocycles. The molecule has 0 aliphatic heterocycles. The van der Waals surface area contributed by atoms with Crippen LogP contribution in [0.5, 0.6) is 0 Å². The van der Waals surface area contributed by atoms with Crippen LogP contribution in [0.2, 0.25) is 10.0 Å². The Morgan fingerprint density at radius 2 is 1.95 bits per heavy atom. The Kier molecular flexibility index (Phi) is 4.71. The zero-order chi connectivity index (χ0) is 13.8. The molecule has 1 aliphatic carbocycles. The number of halogens is 2. The van der Waals surface area contributed by atoms with Gasteiger partial charge in [0.2, 0.25) is 5.91 Å². The number of nitrogens with one attached hydrogen (secondary N) is 3. The van der Waals surface area contributed by atoms with Crippen LogP contribution in [0.4, 0.5) is 11.6 Å². The van der Waals surface area contributed by atoms with Crippen LogP contribution in [0, 0.1) is 0 Å². The maximum absolute atomic E-state index is 11.6. The van der Waals surface area contributed by atoms with Gasteiger partial charge in [0.25, 0.3) is 0 Å². The smallest absolute Gasteiger partial charge is 0.239 e. The minimum Gasteiger partial charge on any atom is -0.369 e. The largest absolute Gasteiger partial charge is 0.369 e. The summed E-state index contributed by atoms with van der Waals surface area (Å²) in [7, 11) is 0. The van der Waals surface area contributed by atoms with Crippen molar-refractivity contribution in [2.75, 3.05) is 23.7 Å². The fraction of sp³-hybridized carbons (Fsp3) is 0.500. The van der Waals surface area contributed by atoms with Gasteiger partial charge < -0.3 is 16.0 Å². The van der Waals surface area contributed by atoms with Crippen LogP contribution in [0.1, 0.15) is 19.8 Å². The Morgan fingerprint density at radius 3 is 2.53 bits per heavy atom. The number of aromatic nitrogens is 1. The van der Waals surface area contributed by atoms with Gasteiger partial charge in [-0.05, 0) is 25.8 Å². The molecule has 5 nitrogen and oxygen atoms in total. The lowest BCUT2D eigenvalue weighted by atomic mass is 10.4. The molecule has 0 spiro atoms. The third kappa shape index (κ3) is 4.14. The standard InChI is InChI=1S/C12H16Cl2N4O/c1-2-15-11-8(13)5-9(14)12(18-11)16-6-10(19)17-7-3-4-7/h5,7H,2-4,6H2,1H3,(H,17,19)(H2,15,16,18). The van der Waals surface area contributed by atoms with Crippen LogP contribution in [-0.4, -0.2) is 30.0 Å². The molecule has 0 unspecified atom stereocenters. The summed E-state index contributed by atoms with van der Waals surface area (Å²) in [4.78, 5) is 15.8. The van der Waals surface area contributed by atoms with Crippen molar-refractivity contribution >= 4 is 40.7 Å². The number of carbonyl (C=O) groups excluding carboxylic acids is 1. The predicted octanol–water partition coefficient (Wildman–Crippen LogP) is 2.51. The second-order valence-electron chi connectivity index (χ2n) is 4.37. The molecule has 2 rings (SSSR count). The fourth-order valence-corrected chi connectivity index (χ4v) is 2.04. The van der Waals surface area contributed by atoms with Crippen LogP contribution in [0.15, 0.2) is 6.07 Å². The van der Waals surface area contributed by atoms with Crippen LogP contribution >= 0.6 is 23.2 Å². The summed E-state index contributed by atoms with van der Waals surface area (Å²) in [6.45, 7) is 2.80. The van der Waals surface area contributed by atoms with E-state index in [2.05, 4.69) is 20.9 Å². The van der Waals surface area contributed by atoms with E-state index in [1.54, 1.807) is 6.07 Å². The topological polar surface area (TPSA) is 66.0 Å². The molecule has 0 bridgehead atoms. The molecule has 1 amide bonds. The first-order chi connectivity index (χ1) is 9.10. The van der Waals surface area contributed by atoms with E-state index in [1.165, 1.54) is 0 Å². The maximum Gasteiger partial charge on any atom is 0.239 e. The van der Waals surface area contributed by atoms with Gasteiger partial charge in [0.05, 0.1) is 16.6 Å². The molecule has 1 aromatic heterocycles. The number of hydrogen-bond acceptors (Lipinski definition) is 4. The monoisotopic (exact) mass is 302 g/mol. The van der Waals surface area contributed by atoms with E-state index in [9.17, 15) is 4.79 Å². The van der Waals surface area contributed by atoms with Gasteiger partial charge in [-0.25, -0.2) is 4.98 Å². The van der Waals surface area contributed by atoms with Gasteiger partial charge >= 0.3 is 0 Å².